The van der Waals surface area contributed by atoms with Crippen molar-refractivity contribution in [1.82, 2.24) is 4.98 Å². The van der Waals surface area contributed by atoms with Crippen LogP contribution in [-0.4, -0.2) is 42.4 Å². The van der Waals surface area contributed by atoms with Crippen LogP contribution in [-0.2, 0) is 20.7 Å². The first kappa shape index (κ1) is 34.0. The monoisotopic (exact) mass is 614 g/mol. The van der Waals surface area contributed by atoms with E-state index in [0.29, 0.717) is 35.7 Å². The van der Waals surface area contributed by atoms with E-state index in [1.54, 1.807) is 12.1 Å². The van der Waals surface area contributed by atoms with Gasteiger partial charge in [-0.25, -0.2) is 14.2 Å². The maximum atomic E-state index is 13.7. The molecule has 1 aliphatic heterocycles. The van der Waals surface area contributed by atoms with Crippen molar-refractivity contribution in [3.8, 4) is 29.2 Å². The van der Waals surface area contributed by atoms with E-state index in [9.17, 15) is 9.18 Å². The van der Waals surface area contributed by atoms with Crippen LogP contribution in [0.5, 0.6) is 5.75 Å². The first-order valence-electron chi connectivity index (χ1n) is 15.8. The highest BCUT2D eigenvalue weighted by Crippen LogP contribution is 2.45. The number of anilines is 1. The van der Waals surface area contributed by atoms with Crippen molar-refractivity contribution in [3.05, 3.63) is 76.9 Å². The summed E-state index contributed by atoms with van der Waals surface area (Å²) >= 11 is 0. The summed E-state index contributed by atoms with van der Waals surface area (Å²) in [4.78, 5) is 20.9. The average Bonchev–Trinajstić information content (AvgIpc) is 2.96. The van der Waals surface area contributed by atoms with E-state index in [4.69, 9.17) is 25.6 Å². The number of carbonyl (C=O) groups is 1. The summed E-state index contributed by atoms with van der Waals surface area (Å²) in [5.74, 6) is 2.83. The third kappa shape index (κ3) is 8.85. The zero-order valence-electron chi connectivity index (χ0n) is 28.0. The van der Waals surface area contributed by atoms with Crippen LogP contribution in [0.1, 0.15) is 89.9 Å². The zero-order chi connectivity index (χ0) is 32.9. The van der Waals surface area contributed by atoms with E-state index in [2.05, 4.69) is 24.7 Å². The van der Waals surface area contributed by atoms with Crippen molar-refractivity contribution in [2.75, 3.05) is 24.6 Å². The number of hydrogen-bond acceptors (Lipinski definition) is 6. The third-order valence-electron chi connectivity index (χ3n) is 7.98. The lowest BCUT2D eigenvalue weighted by Gasteiger charge is -2.41. The molecule has 1 fully saturated rings. The van der Waals surface area contributed by atoms with Crippen molar-refractivity contribution in [2.45, 2.75) is 92.5 Å². The predicted octanol–water partition coefficient (Wildman–Crippen LogP) is 8.23. The van der Waals surface area contributed by atoms with E-state index >= 15 is 0 Å². The molecule has 2 aromatic carbocycles. The van der Waals surface area contributed by atoms with E-state index in [1.165, 1.54) is 12.1 Å². The second-order valence-corrected chi connectivity index (χ2v) is 13.8. The standard InChI is InChI=1S/C38H47FN2O4/c1-10-31-33(28-13-17-30(18-14-28)43-24-19-27-11-15-29(39)16-12-27)34(41-22-20-38(8,9)21-23-41)32(26(4)40-31)35(45-37(5,6)7)36(42)44-25(2)3/h1,11-18,25,35H,19-24H2,2-9H3. The highest BCUT2D eigenvalue weighted by molar-refractivity contribution is 5.89. The lowest BCUT2D eigenvalue weighted by Crippen LogP contribution is -2.39. The van der Waals surface area contributed by atoms with Gasteiger partial charge in [0, 0.05) is 36.3 Å². The first-order valence-corrected chi connectivity index (χ1v) is 15.8. The van der Waals surface area contributed by atoms with Crippen LogP contribution in [0.2, 0.25) is 0 Å². The molecule has 0 N–H and O–H groups in total. The van der Waals surface area contributed by atoms with Gasteiger partial charge in [0.15, 0.2) is 6.10 Å². The van der Waals surface area contributed by atoms with Gasteiger partial charge in [-0.3, -0.25) is 0 Å². The van der Waals surface area contributed by atoms with Crippen molar-refractivity contribution in [1.29, 1.82) is 0 Å². The van der Waals surface area contributed by atoms with Crippen molar-refractivity contribution >= 4 is 11.7 Å². The molecule has 1 saturated heterocycles. The number of piperidine rings is 1. The Balaban J connectivity index is 1.79. The molecule has 240 valence electrons. The Bertz CT molecular complexity index is 1510. The average molecular weight is 615 g/mol. The Morgan fingerprint density at radius 3 is 2.24 bits per heavy atom. The number of benzene rings is 2. The molecule has 0 bridgehead atoms. The number of pyridine rings is 1. The molecule has 3 aromatic rings. The fraction of sp³-hybridized carbons (Fsp3) is 0.474. The Morgan fingerprint density at radius 1 is 1.07 bits per heavy atom. The first-order chi connectivity index (χ1) is 21.2. The van der Waals surface area contributed by atoms with Crippen LogP contribution in [0.4, 0.5) is 10.1 Å². The van der Waals surface area contributed by atoms with Crippen LogP contribution in [0.25, 0.3) is 11.1 Å². The summed E-state index contributed by atoms with van der Waals surface area (Å²) in [6.07, 6.45) is 7.44. The molecular weight excluding hydrogens is 567 g/mol. The quantitative estimate of drug-likeness (QED) is 0.169. The maximum absolute atomic E-state index is 13.7. The molecule has 0 saturated carbocycles. The largest absolute Gasteiger partial charge is 0.493 e. The fourth-order valence-corrected chi connectivity index (χ4v) is 5.59. The molecule has 1 aromatic heterocycles. The predicted molar refractivity (Wildman–Crippen MR) is 178 cm³/mol. The molecule has 1 unspecified atom stereocenters. The number of hydrogen-bond donors (Lipinski definition) is 0. The Morgan fingerprint density at radius 2 is 1.69 bits per heavy atom. The molecule has 45 heavy (non-hydrogen) atoms. The van der Waals surface area contributed by atoms with Gasteiger partial charge in [-0.05, 0) is 101 Å². The van der Waals surface area contributed by atoms with Crippen LogP contribution >= 0.6 is 0 Å². The minimum atomic E-state index is -0.996. The number of terminal acetylenes is 1. The summed E-state index contributed by atoms with van der Waals surface area (Å²) < 4.78 is 31.5. The van der Waals surface area contributed by atoms with Gasteiger partial charge in [0.1, 0.15) is 17.3 Å². The van der Waals surface area contributed by atoms with Gasteiger partial charge in [-0.2, -0.15) is 0 Å². The minimum absolute atomic E-state index is 0.207. The van der Waals surface area contributed by atoms with Crippen molar-refractivity contribution < 1.29 is 23.4 Å². The third-order valence-corrected chi connectivity index (χ3v) is 7.98. The van der Waals surface area contributed by atoms with E-state index in [0.717, 1.165) is 48.3 Å². The van der Waals surface area contributed by atoms with Gasteiger partial charge in [-0.15, -0.1) is 6.42 Å². The minimum Gasteiger partial charge on any atom is -0.493 e. The molecule has 7 heteroatoms. The molecule has 0 spiro atoms. The summed E-state index contributed by atoms with van der Waals surface area (Å²) in [6, 6.07) is 14.2. The number of rotatable bonds is 10. The van der Waals surface area contributed by atoms with Crippen LogP contribution in [0, 0.1) is 30.5 Å². The highest BCUT2D eigenvalue weighted by atomic mass is 19.1. The zero-order valence-corrected chi connectivity index (χ0v) is 28.0. The molecule has 0 radical (unpaired) electrons. The summed E-state index contributed by atoms with van der Waals surface area (Å²) in [5.41, 5.74) is 4.93. The number of aromatic nitrogens is 1. The maximum Gasteiger partial charge on any atom is 0.340 e. The molecule has 0 aliphatic carbocycles. The highest BCUT2D eigenvalue weighted by Gasteiger charge is 2.38. The van der Waals surface area contributed by atoms with Gasteiger partial charge < -0.3 is 19.1 Å². The molecule has 2 heterocycles. The van der Waals surface area contributed by atoms with Gasteiger partial charge >= 0.3 is 5.97 Å². The molecule has 1 aliphatic rings. The smallest absolute Gasteiger partial charge is 0.340 e. The lowest BCUT2D eigenvalue weighted by atomic mass is 9.81. The second-order valence-electron chi connectivity index (χ2n) is 13.8. The van der Waals surface area contributed by atoms with Crippen molar-refractivity contribution in [3.63, 3.8) is 0 Å². The number of ether oxygens (including phenoxy) is 3. The van der Waals surface area contributed by atoms with Gasteiger partial charge in [-0.1, -0.05) is 38.1 Å². The van der Waals surface area contributed by atoms with Gasteiger partial charge in [0.2, 0.25) is 0 Å². The van der Waals surface area contributed by atoms with E-state index in [1.807, 2.05) is 65.8 Å². The topological polar surface area (TPSA) is 60.9 Å². The summed E-state index contributed by atoms with van der Waals surface area (Å²) in [6.45, 7) is 18.0. The molecular formula is C38H47FN2O4. The van der Waals surface area contributed by atoms with Crippen LogP contribution in [0.15, 0.2) is 48.5 Å². The molecule has 1 atom stereocenters. The lowest BCUT2D eigenvalue weighted by molar-refractivity contribution is -0.171. The van der Waals surface area contributed by atoms with E-state index < -0.39 is 17.7 Å². The number of halogens is 1. The van der Waals surface area contributed by atoms with Crippen LogP contribution < -0.4 is 9.64 Å². The Kier molecular flexibility index (Phi) is 10.6. The Hall–Kier alpha value is -3.89. The van der Waals surface area contributed by atoms with Gasteiger partial charge in [0.05, 0.1) is 24.0 Å². The fourth-order valence-electron chi connectivity index (χ4n) is 5.59. The van der Waals surface area contributed by atoms with Crippen LogP contribution in [0.3, 0.4) is 0 Å². The molecule has 6 nitrogen and oxygen atoms in total. The second kappa shape index (κ2) is 14.0. The number of aryl methyl sites for hydroxylation is 1. The SMILES string of the molecule is C#Cc1nc(C)c(C(OC(C)(C)C)C(=O)OC(C)C)c(N2CCC(C)(C)CC2)c1-c1ccc(OCCc2ccc(F)cc2)cc1. The van der Waals surface area contributed by atoms with E-state index in [-0.39, 0.29) is 17.3 Å². The molecule has 4 rings (SSSR count). The van der Waals surface area contributed by atoms with Crippen molar-refractivity contribution in [2.24, 2.45) is 5.41 Å². The Labute approximate surface area is 268 Å². The normalized spacial score (nSPS) is 15.4. The number of carbonyl (C=O) groups excluding carboxylic acids is 1. The number of esters is 1. The summed E-state index contributed by atoms with van der Waals surface area (Å²) in [5, 5.41) is 0. The molecule has 0 amide bonds. The summed E-state index contributed by atoms with van der Waals surface area (Å²) in [7, 11) is 0. The number of nitrogens with zero attached hydrogens (tertiary/aromatic N) is 2. The van der Waals surface area contributed by atoms with Gasteiger partial charge in [0.25, 0.3) is 0 Å².